The molecule has 98 valence electrons. The molecule has 0 saturated heterocycles. The Hall–Kier alpha value is -2.30. The lowest BCUT2D eigenvalue weighted by Crippen LogP contribution is -2.06. The molecule has 1 N–H and O–H groups in total. The number of rotatable bonds is 3. The smallest absolute Gasteiger partial charge is 0.203 e. The zero-order valence-electron chi connectivity index (χ0n) is 11.3. The first kappa shape index (κ1) is 11.8. The summed E-state index contributed by atoms with van der Waals surface area (Å²) in [4.78, 5) is 4.57. The molecule has 0 aliphatic rings. The highest BCUT2D eigenvalue weighted by molar-refractivity contribution is 5.78. The predicted octanol–water partition coefficient (Wildman–Crippen LogP) is 2.73. The highest BCUT2D eigenvalue weighted by Crippen LogP contribution is 2.23. The number of hydrogen-bond donors (Lipinski definition) is 1. The molecule has 0 bridgehead atoms. The first-order valence-electron chi connectivity index (χ1n) is 6.25. The van der Waals surface area contributed by atoms with Crippen LogP contribution in [0.25, 0.3) is 11.0 Å². The Morgan fingerprint density at radius 2 is 2.05 bits per heavy atom. The summed E-state index contributed by atoms with van der Waals surface area (Å²) in [6.45, 7) is 4.61. The highest BCUT2D eigenvalue weighted by Gasteiger charge is 2.14. The average Bonchev–Trinajstić information content (AvgIpc) is 2.94. The molecule has 0 radical (unpaired) electrons. The Kier molecular flexibility index (Phi) is 2.74. The summed E-state index contributed by atoms with van der Waals surface area (Å²) < 4.78 is 7.37. The Balaban J connectivity index is 2.14. The van der Waals surface area contributed by atoms with E-state index in [1.807, 2.05) is 39.1 Å². The van der Waals surface area contributed by atoms with Crippen molar-refractivity contribution in [1.29, 1.82) is 0 Å². The molecule has 0 unspecified atom stereocenters. The lowest BCUT2D eigenvalue weighted by Gasteiger charge is -2.08. The predicted molar refractivity (Wildman–Crippen MR) is 74.4 cm³/mol. The number of anilines is 1. The van der Waals surface area contributed by atoms with Crippen molar-refractivity contribution >= 4 is 17.0 Å². The van der Waals surface area contributed by atoms with E-state index in [0.29, 0.717) is 6.54 Å². The van der Waals surface area contributed by atoms with Crippen molar-refractivity contribution in [3.63, 3.8) is 0 Å². The molecule has 0 fully saturated rings. The van der Waals surface area contributed by atoms with Crippen LogP contribution in [-0.2, 0) is 6.54 Å². The van der Waals surface area contributed by atoms with Crippen LogP contribution in [0.1, 0.15) is 17.0 Å². The number of para-hydroxylation sites is 2. The molecule has 0 aliphatic carbocycles. The summed E-state index contributed by atoms with van der Waals surface area (Å²) >= 11 is 0. The van der Waals surface area contributed by atoms with Crippen molar-refractivity contribution in [2.45, 2.75) is 20.4 Å². The lowest BCUT2D eigenvalue weighted by molar-refractivity contribution is 0.392. The normalized spacial score (nSPS) is 11.1. The van der Waals surface area contributed by atoms with Crippen LogP contribution in [0, 0.1) is 13.8 Å². The molecule has 5 nitrogen and oxygen atoms in total. The van der Waals surface area contributed by atoms with Crippen molar-refractivity contribution in [2.75, 3.05) is 12.4 Å². The summed E-state index contributed by atoms with van der Waals surface area (Å²) in [5.41, 5.74) is 4.13. The van der Waals surface area contributed by atoms with Crippen molar-refractivity contribution in [2.24, 2.45) is 0 Å². The van der Waals surface area contributed by atoms with Crippen molar-refractivity contribution in [3.8, 4) is 0 Å². The van der Waals surface area contributed by atoms with Crippen LogP contribution < -0.4 is 5.32 Å². The fourth-order valence-corrected chi connectivity index (χ4v) is 2.31. The molecule has 3 aromatic rings. The quantitative estimate of drug-likeness (QED) is 0.782. The summed E-state index contributed by atoms with van der Waals surface area (Å²) in [6.07, 6.45) is 0. The van der Waals surface area contributed by atoms with Crippen LogP contribution in [0.5, 0.6) is 0 Å². The molecular weight excluding hydrogens is 240 g/mol. The summed E-state index contributed by atoms with van der Waals surface area (Å²) in [5, 5.41) is 7.14. The third-order valence-corrected chi connectivity index (χ3v) is 3.38. The molecule has 0 amide bonds. The van der Waals surface area contributed by atoms with Crippen LogP contribution in [0.3, 0.4) is 0 Å². The Labute approximate surface area is 111 Å². The molecule has 2 aromatic heterocycles. The number of nitrogens with one attached hydrogen (secondary N) is 1. The molecule has 3 rings (SSSR count). The SMILES string of the molecule is CNc1nc2ccccc2n1Cc1c(C)noc1C. The van der Waals surface area contributed by atoms with Gasteiger partial charge in [-0.05, 0) is 26.0 Å². The first-order chi connectivity index (χ1) is 9.20. The minimum absolute atomic E-state index is 0.706. The third kappa shape index (κ3) is 1.87. The molecule has 19 heavy (non-hydrogen) atoms. The third-order valence-electron chi connectivity index (χ3n) is 3.38. The van der Waals surface area contributed by atoms with Gasteiger partial charge in [-0.1, -0.05) is 17.3 Å². The van der Waals surface area contributed by atoms with Crippen LogP contribution in [0.4, 0.5) is 5.95 Å². The van der Waals surface area contributed by atoms with Gasteiger partial charge in [-0.2, -0.15) is 0 Å². The molecule has 1 aromatic carbocycles. The zero-order valence-corrected chi connectivity index (χ0v) is 11.3. The van der Waals surface area contributed by atoms with Gasteiger partial charge in [-0.15, -0.1) is 0 Å². The zero-order chi connectivity index (χ0) is 13.4. The number of aryl methyl sites for hydroxylation is 2. The van der Waals surface area contributed by atoms with E-state index in [1.54, 1.807) is 0 Å². The second-order valence-corrected chi connectivity index (χ2v) is 4.56. The van der Waals surface area contributed by atoms with E-state index in [0.717, 1.165) is 34.0 Å². The molecule has 0 aliphatic heterocycles. The summed E-state index contributed by atoms with van der Waals surface area (Å²) in [7, 11) is 1.88. The Morgan fingerprint density at radius 3 is 2.74 bits per heavy atom. The maximum absolute atomic E-state index is 5.23. The topological polar surface area (TPSA) is 55.9 Å². The van der Waals surface area contributed by atoms with Gasteiger partial charge >= 0.3 is 0 Å². The minimum Gasteiger partial charge on any atom is -0.361 e. The molecular formula is C14H16N4O. The van der Waals surface area contributed by atoms with Gasteiger partial charge in [-0.3, -0.25) is 0 Å². The van der Waals surface area contributed by atoms with Gasteiger partial charge < -0.3 is 14.4 Å². The maximum Gasteiger partial charge on any atom is 0.203 e. The molecule has 0 saturated carbocycles. The minimum atomic E-state index is 0.706. The molecule has 2 heterocycles. The Bertz CT molecular complexity index is 707. The van der Waals surface area contributed by atoms with E-state index in [-0.39, 0.29) is 0 Å². The van der Waals surface area contributed by atoms with Crippen LogP contribution in [0.15, 0.2) is 28.8 Å². The first-order valence-corrected chi connectivity index (χ1v) is 6.25. The van der Waals surface area contributed by atoms with Crippen molar-refractivity contribution in [3.05, 3.63) is 41.3 Å². The molecule has 0 atom stereocenters. The van der Waals surface area contributed by atoms with Gasteiger partial charge in [0.05, 0.1) is 23.3 Å². The van der Waals surface area contributed by atoms with E-state index in [1.165, 1.54) is 0 Å². The van der Waals surface area contributed by atoms with Gasteiger partial charge in [0.15, 0.2) is 0 Å². The van der Waals surface area contributed by atoms with Crippen LogP contribution in [-0.4, -0.2) is 21.8 Å². The standard InChI is InChI=1S/C14H16N4O/c1-9-11(10(2)19-17-9)8-18-13-7-5-4-6-12(13)16-14(18)15-3/h4-7H,8H2,1-3H3,(H,15,16). The van der Waals surface area contributed by atoms with Crippen LogP contribution >= 0.6 is 0 Å². The molecule has 0 spiro atoms. The number of imidazole rings is 1. The van der Waals surface area contributed by atoms with Crippen molar-refractivity contribution < 1.29 is 4.52 Å². The van der Waals surface area contributed by atoms with Gasteiger partial charge in [0, 0.05) is 12.6 Å². The van der Waals surface area contributed by atoms with E-state index in [4.69, 9.17) is 4.52 Å². The average molecular weight is 256 g/mol. The van der Waals surface area contributed by atoms with E-state index in [2.05, 4.69) is 26.1 Å². The second kappa shape index (κ2) is 4.42. The fourth-order valence-electron chi connectivity index (χ4n) is 2.31. The monoisotopic (exact) mass is 256 g/mol. The van der Waals surface area contributed by atoms with E-state index in [9.17, 15) is 0 Å². The summed E-state index contributed by atoms with van der Waals surface area (Å²) in [6, 6.07) is 8.10. The van der Waals surface area contributed by atoms with E-state index < -0.39 is 0 Å². The van der Waals surface area contributed by atoms with Gasteiger partial charge in [-0.25, -0.2) is 4.98 Å². The van der Waals surface area contributed by atoms with Gasteiger partial charge in [0.1, 0.15) is 5.76 Å². The fraction of sp³-hybridized carbons (Fsp3) is 0.286. The maximum atomic E-state index is 5.23. The highest BCUT2D eigenvalue weighted by atomic mass is 16.5. The number of benzene rings is 1. The number of fused-ring (bicyclic) bond motifs is 1. The van der Waals surface area contributed by atoms with Crippen molar-refractivity contribution in [1.82, 2.24) is 14.7 Å². The second-order valence-electron chi connectivity index (χ2n) is 4.56. The van der Waals surface area contributed by atoms with Gasteiger partial charge in [0.2, 0.25) is 5.95 Å². The van der Waals surface area contributed by atoms with Crippen LogP contribution in [0.2, 0.25) is 0 Å². The lowest BCUT2D eigenvalue weighted by atomic mass is 10.2. The van der Waals surface area contributed by atoms with Gasteiger partial charge in [0.25, 0.3) is 0 Å². The largest absolute Gasteiger partial charge is 0.361 e. The number of nitrogens with zero attached hydrogens (tertiary/aromatic N) is 3. The number of hydrogen-bond acceptors (Lipinski definition) is 4. The Morgan fingerprint density at radius 1 is 1.26 bits per heavy atom. The molecule has 5 heteroatoms. The number of aromatic nitrogens is 3. The summed E-state index contributed by atoms with van der Waals surface area (Å²) in [5.74, 6) is 1.71. The van der Waals surface area contributed by atoms with E-state index >= 15 is 0 Å².